The van der Waals surface area contributed by atoms with Crippen LogP contribution in [0.25, 0.3) is 0 Å². The number of aromatic nitrogens is 2. The lowest BCUT2D eigenvalue weighted by Crippen LogP contribution is -2.07. The van der Waals surface area contributed by atoms with Crippen molar-refractivity contribution in [3.63, 3.8) is 0 Å². The van der Waals surface area contributed by atoms with Gasteiger partial charge in [-0.2, -0.15) is 4.98 Å². The topological polar surface area (TPSA) is 74.2 Å². The Morgan fingerprint density at radius 1 is 1.37 bits per heavy atom. The van der Waals surface area contributed by atoms with Crippen molar-refractivity contribution in [3.8, 4) is 5.75 Å². The van der Waals surface area contributed by atoms with E-state index in [2.05, 4.69) is 26.1 Å². The Hall–Kier alpha value is -1.40. The molecule has 0 bridgehead atoms. The zero-order valence-electron chi connectivity index (χ0n) is 10.9. The fourth-order valence-electron chi connectivity index (χ4n) is 1.88. The molecule has 1 aromatic heterocycles. The molecule has 102 valence electrons. The number of benzene rings is 1. The molecule has 0 unspecified atom stereocenters. The second-order valence-corrected chi connectivity index (χ2v) is 5.19. The first-order valence-corrected chi connectivity index (χ1v) is 6.80. The van der Waals surface area contributed by atoms with Crippen molar-refractivity contribution in [1.29, 1.82) is 0 Å². The standard InChI is InChI=1S/C13H16BrN3O2/c1-8-5-11(14)6-10(3-4-15)13(8)18-7-12-16-9(2)17-19-12/h5-6H,3-4,7,15H2,1-2H3. The highest BCUT2D eigenvalue weighted by Gasteiger charge is 2.11. The first kappa shape index (κ1) is 14.0. The van der Waals surface area contributed by atoms with E-state index in [1.54, 1.807) is 6.92 Å². The molecule has 19 heavy (non-hydrogen) atoms. The highest BCUT2D eigenvalue weighted by Crippen LogP contribution is 2.29. The van der Waals surface area contributed by atoms with Crippen LogP contribution in [0.2, 0.25) is 0 Å². The molecular formula is C13H16BrN3O2. The number of hydrogen-bond donors (Lipinski definition) is 1. The minimum Gasteiger partial charge on any atom is -0.483 e. The smallest absolute Gasteiger partial charge is 0.264 e. The molecule has 0 aliphatic heterocycles. The molecule has 1 aromatic carbocycles. The number of ether oxygens (including phenoxy) is 1. The van der Waals surface area contributed by atoms with Crippen LogP contribution in [0.1, 0.15) is 22.8 Å². The van der Waals surface area contributed by atoms with Crippen LogP contribution in [0.5, 0.6) is 5.75 Å². The van der Waals surface area contributed by atoms with E-state index >= 15 is 0 Å². The minimum atomic E-state index is 0.265. The van der Waals surface area contributed by atoms with E-state index in [-0.39, 0.29) is 6.61 Å². The summed E-state index contributed by atoms with van der Waals surface area (Å²) in [5.41, 5.74) is 7.75. The molecule has 6 heteroatoms. The minimum absolute atomic E-state index is 0.265. The Morgan fingerprint density at radius 3 is 2.79 bits per heavy atom. The van der Waals surface area contributed by atoms with Gasteiger partial charge in [0.1, 0.15) is 5.75 Å². The van der Waals surface area contributed by atoms with E-state index in [1.807, 2.05) is 19.1 Å². The van der Waals surface area contributed by atoms with E-state index in [0.717, 1.165) is 27.8 Å². The van der Waals surface area contributed by atoms with Crippen molar-refractivity contribution < 1.29 is 9.26 Å². The van der Waals surface area contributed by atoms with Crippen LogP contribution in [-0.2, 0) is 13.0 Å². The summed E-state index contributed by atoms with van der Waals surface area (Å²) in [6.45, 7) is 4.61. The van der Waals surface area contributed by atoms with Gasteiger partial charge in [0.25, 0.3) is 5.89 Å². The van der Waals surface area contributed by atoms with Crippen LogP contribution >= 0.6 is 15.9 Å². The molecule has 0 atom stereocenters. The Bertz CT molecular complexity index is 569. The fraction of sp³-hybridized carbons (Fsp3) is 0.385. The number of nitrogens with zero attached hydrogens (tertiary/aromatic N) is 2. The molecule has 0 aliphatic carbocycles. The van der Waals surface area contributed by atoms with Crippen molar-refractivity contribution in [1.82, 2.24) is 10.1 Å². The molecular weight excluding hydrogens is 310 g/mol. The van der Waals surface area contributed by atoms with Crippen molar-refractivity contribution in [3.05, 3.63) is 39.4 Å². The first-order valence-electron chi connectivity index (χ1n) is 6.01. The quantitative estimate of drug-likeness (QED) is 0.914. The van der Waals surface area contributed by atoms with Gasteiger partial charge in [-0.1, -0.05) is 21.1 Å². The molecule has 0 fully saturated rings. The average molecular weight is 326 g/mol. The normalized spacial score (nSPS) is 10.7. The molecule has 2 rings (SSSR count). The van der Waals surface area contributed by atoms with Gasteiger partial charge in [-0.05, 0) is 50.1 Å². The Morgan fingerprint density at radius 2 is 2.16 bits per heavy atom. The summed E-state index contributed by atoms with van der Waals surface area (Å²) in [4.78, 5) is 4.11. The third kappa shape index (κ3) is 3.54. The van der Waals surface area contributed by atoms with Crippen molar-refractivity contribution in [2.24, 2.45) is 5.73 Å². The van der Waals surface area contributed by atoms with Gasteiger partial charge in [0.2, 0.25) is 0 Å². The predicted octanol–water partition coefficient (Wildman–Crippen LogP) is 2.53. The maximum absolute atomic E-state index is 5.80. The SMILES string of the molecule is Cc1noc(COc2c(C)cc(Br)cc2CCN)n1. The van der Waals surface area contributed by atoms with Crippen molar-refractivity contribution in [2.75, 3.05) is 6.54 Å². The highest BCUT2D eigenvalue weighted by molar-refractivity contribution is 9.10. The molecule has 2 aromatic rings. The maximum Gasteiger partial charge on any atom is 0.264 e. The van der Waals surface area contributed by atoms with Gasteiger partial charge in [-0.3, -0.25) is 0 Å². The lowest BCUT2D eigenvalue weighted by Gasteiger charge is -2.13. The second-order valence-electron chi connectivity index (χ2n) is 4.27. The van der Waals surface area contributed by atoms with Crippen molar-refractivity contribution in [2.45, 2.75) is 26.9 Å². The molecule has 2 N–H and O–H groups in total. The van der Waals surface area contributed by atoms with E-state index in [0.29, 0.717) is 18.3 Å². The summed E-state index contributed by atoms with van der Waals surface area (Å²) in [6, 6.07) is 4.03. The van der Waals surface area contributed by atoms with Gasteiger partial charge in [0.15, 0.2) is 12.4 Å². The molecule has 0 saturated heterocycles. The number of rotatable bonds is 5. The zero-order valence-corrected chi connectivity index (χ0v) is 12.5. The largest absolute Gasteiger partial charge is 0.483 e. The summed E-state index contributed by atoms with van der Waals surface area (Å²) in [5.74, 6) is 1.91. The Balaban J connectivity index is 2.18. The Kier molecular flexibility index (Phi) is 4.55. The first-order chi connectivity index (χ1) is 9.10. The van der Waals surface area contributed by atoms with E-state index in [4.69, 9.17) is 15.0 Å². The number of hydrogen-bond acceptors (Lipinski definition) is 5. The molecule has 0 saturated carbocycles. The maximum atomic E-state index is 5.80. The van der Waals surface area contributed by atoms with E-state index in [9.17, 15) is 0 Å². The van der Waals surface area contributed by atoms with Crippen LogP contribution in [0.15, 0.2) is 21.1 Å². The highest BCUT2D eigenvalue weighted by atomic mass is 79.9. The van der Waals surface area contributed by atoms with Crippen molar-refractivity contribution >= 4 is 15.9 Å². The fourth-order valence-corrected chi connectivity index (χ4v) is 2.50. The summed E-state index contributed by atoms with van der Waals surface area (Å²) in [7, 11) is 0. The molecule has 0 spiro atoms. The summed E-state index contributed by atoms with van der Waals surface area (Å²) in [5, 5.41) is 3.73. The molecule has 0 aliphatic rings. The van der Waals surface area contributed by atoms with Gasteiger partial charge >= 0.3 is 0 Å². The number of aryl methyl sites for hydroxylation is 2. The van der Waals surface area contributed by atoms with Gasteiger partial charge in [-0.25, -0.2) is 0 Å². The van der Waals surface area contributed by atoms with Crippen LogP contribution in [0, 0.1) is 13.8 Å². The molecule has 5 nitrogen and oxygen atoms in total. The van der Waals surface area contributed by atoms with Gasteiger partial charge in [0, 0.05) is 4.47 Å². The predicted molar refractivity (Wildman–Crippen MR) is 75.0 cm³/mol. The second kappa shape index (κ2) is 6.16. The lowest BCUT2D eigenvalue weighted by molar-refractivity contribution is 0.239. The molecule has 0 radical (unpaired) electrons. The van der Waals surface area contributed by atoms with Gasteiger partial charge in [-0.15, -0.1) is 0 Å². The molecule has 1 heterocycles. The third-order valence-corrected chi connectivity index (χ3v) is 3.10. The van der Waals surface area contributed by atoms with Crippen LogP contribution in [-0.4, -0.2) is 16.7 Å². The van der Waals surface area contributed by atoms with Crippen LogP contribution in [0.4, 0.5) is 0 Å². The summed E-state index contributed by atoms with van der Waals surface area (Å²) < 4.78 is 11.9. The summed E-state index contributed by atoms with van der Waals surface area (Å²) in [6.07, 6.45) is 0.762. The van der Waals surface area contributed by atoms with E-state index < -0.39 is 0 Å². The van der Waals surface area contributed by atoms with Crippen LogP contribution < -0.4 is 10.5 Å². The van der Waals surface area contributed by atoms with E-state index in [1.165, 1.54) is 0 Å². The average Bonchev–Trinajstić information content (AvgIpc) is 2.74. The number of nitrogens with two attached hydrogens (primary N) is 1. The zero-order chi connectivity index (χ0) is 13.8. The summed E-state index contributed by atoms with van der Waals surface area (Å²) >= 11 is 3.48. The third-order valence-electron chi connectivity index (χ3n) is 2.64. The monoisotopic (exact) mass is 325 g/mol. The van der Waals surface area contributed by atoms with Gasteiger partial charge in [0.05, 0.1) is 0 Å². The van der Waals surface area contributed by atoms with Gasteiger partial charge < -0.3 is 15.0 Å². The Labute approximate surface area is 120 Å². The van der Waals surface area contributed by atoms with Crippen LogP contribution in [0.3, 0.4) is 0 Å². The lowest BCUT2D eigenvalue weighted by atomic mass is 10.1. The number of halogens is 1. The molecule has 0 amide bonds.